The van der Waals surface area contributed by atoms with Gasteiger partial charge < -0.3 is 15.2 Å². The van der Waals surface area contributed by atoms with Gasteiger partial charge in [0.15, 0.2) is 0 Å². The van der Waals surface area contributed by atoms with Crippen molar-refractivity contribution in [3.05, 3.63) is 35.4 Å². The Morgan fingerprint density at radius 2 is 2.06 bits per heavy atom. The predicted molar refractivity (Wildman–Crippen MR) is 63.7 cm³/mol. The van der Waals surface area contributed by atoms with Crippen LogP contribution in [-0.4, -0.2) is 30.3 Å². The van der Waals surface area contributed by atoms with Crippen LogP contribution in [0.1, 0.15) is 28.8 Å². The van der Waals surface area contributed by atoms with Gasteiger partial charge in [-0.05, 0) is 30.5 Å². The third-order valence-corrected chi connectivity index (χ3v) is 3.06. The van der Waals surface area contributed by atoms with Crippen molar-refractivity contribution in [2.45, 2.75) is 25.0 Å². The maximum Gasteiger partial charge on any atom is 0.251 e. The molecule has 1 aromatic rings. The fourth-order valence-electron chi connectivity index (χ4n) is 1.71. The topological polar surface area (TPSA) is 58.6 Å². The van der Waals surface area contributed by atoms with Crippen LogP contribution in [0.3, 0.4) is 0 Å². The molecule has 1 aliphatic rings. The van der Waals surface area contributed by atoms with E-state index < -0.39 is 0 Å². The molecular weight excluding hydrogens is 218 g/mol. The maximum absolute atomic E-state index is 11.9. The molecule has 1 amide bonds. The van der Waals surface area contributed by atoms with Crippen LogP contribution in [0.2, 0.25) is 0 Å². The standard InChI is InChI=1S/C13H17NO3/c1-17-8-10-2-4-11(5-3-10)12(16)14-13(9-15)6-7-13/h2-5,15H,6-9H2,1H3,(H,14,16). The number of carbonyl (C=O) groups excluding carboxylic acids is 1. The van der Waals surface area contributed by atoms with E-state index in [4.69, 9.17) is 9.84 Å². The molecule has 1 saturated carbocycles. The molecule has 0 saturated heterocycles. The second kappa shape index (κ2) is 4.85. The van der Waals surface area contributed by atoms with Crippen LogP contribution >= 0.6 is 0 Å². The Morgan fingerprint density at radius 1 is 1.41 bits per heavy atom. The van der Waals surface area contributed by atoms with Crippen molar-refractivity contribution in [1.29, 1.82) is 0 Å². The van der Waals surface area contributed by atoms with Crippen LogP contribution < -0.4 is 5.32 Å². The average molecular weight is 235 g/mol. The van der Waals surface area contributed by atoms with Gasteiger partial charge in [0.1, 0.15) is 0 Å². The minimum atomic E-state index is -0.359. The van der Waals surface area contributed by atoms with Crippen LogP contribution in [-0.2, 0) is 11.3 Å². The number of aliphatic hydroxyl groups is 1. The Bertz CT molecular complexity index is 396. The van der Waals surface area contributed by atoms with E-state index in [1.54, 1.807) is 19.2 Å². The van der Waals surface area contributed by atoms with Gasteiger partial charge in [-0.3, -0.25) is 4.79 Å². The Labute approximate surface area is 101 Å². The van der Waals surface area contributed by atoms with E-state index in [9.17, 15) is 4.79 Å². The molecule has 2 rings (SSSR count). The highest BCUT2D eigenvalue weighted by atomic mass is 16.5. The predicted octanol–water partition coefficient (Wildman–Crippen LogP) is 1.09. The van der Waals surface area contributed by atoms with Gasteiger partial charge in [0.2, 0.25) is 0 Å². The summed E-state index contributed by atoms with van der Waals surface area (Å²) in [5.41, 5.74) is 1.29. The minimum absolute atomic E-state index is 0.0144. The molecule has 0 heterocycles. The Morgan fingerprint density at radius 3 is 2.53 bits per heavy atom. The minimum Gasteiger partial charge on any atom is -0.394 e. The first-order valence-electron chi connectivity index (χ1n) is 5.70. The normalized spacial score (nSPS) is 16.6. The van der Waals surface area contributed by atoms with Crippen LogP contribution in [0.4, 0.5) is 0 Å². The molecule has 4 heteroatoms. The smallest absolute Gasteiger partial charge is 0.251 e. The van der Waals surface area contributed by atoms with E-state index in [0.29, 0.717) is 12.2 Å². The summed E-state index contributed by atoms with van der Waals surface area (Å²) in [5.74, 6) is -0.125. The van der Waals surface area contributed by atoms with Crippen molar-refractivity contribution < 1.29 is 14.6 Å². The molecule has 1 fully saturated rings. The lowest BCUT2D eigenvalue weighted by Gasteiger charge is -2.14. The fourth-order valence-corrected chi connectivity index (χ4v) is 1.71. The van der Waals surface area contributed by atoms with Crippen LogP contribution in [0.15, 0.2) is 24.3 Å². The Kier molecular flexibility index (Phi) is 3.45. The van der Waals surface area contributed by atoms with Gasteiger partial charge >= 0.3 is 0 Å². The van der Waals surface area contributed by atoms with E-state index in [-0.39, 0.29) is 18.1 Å². The van der Waals surface area contributed by atoms with E-state index in [1.165, 1.54) is 0 Å². The number of methoxy groups -OCH3 is 1. The lowest BCUT2D eigenvalue weighted by Crippen LogP contribution is -2.39. The molecule has 0 radical (unpaired) electrons. The summed E-state index contributed by atoms with van der Waals surface area (Å²) in [7, 11) is 1.64. The molecular formula is C13H17NO3. The number of carbonyl (C=O) groups is 1. The monoisotopic (exact) mass is 235 g/mol. The van der Waals surface area contributed by atoms with Gasteiger partial charge in [0.05, 0.1) is 18.8 Å². The summed E-state index contributed by atoms with van der Waals surface area (Å²) < 4.78 is 5.00. The van der Waals surface area contributed by atoms with E-state index in [0.717, 1.165) is 18.4 Å². The van der Waals surface area contributed by atoms with Crippen LogP contribution in [0.25, 0.3) is 0 Å². The number of benzene rings is 1. The second-order valence-corrected chi connectivity index (χ2v) is 4.52. The maximum atomic E-state index is 11.9. The number of amides is 1. The molecule has 92 valence electrons. The molecule has 0 bridgehead atoms. The molecule has 4 nitrogen and oxygen atoms in total. The van der Waals surface area contributed by atoms with Gasteiger partial charge in [-0.2, -0.15) is 0 Å². The van der Waals surface area contributed by atoms with E-state index >= 15 is 0 Å². The lowest BCUT2D eigenvalue weighted by molar-refractivity contribution is 0.0906. The Balaban J connectivity index is 1.99. The molecule has 17 heavy (non-hydrogen) atoms. The zero-order valence-corrected chi connectivity index (χ0v) is 9.90. The highest BCUT2D eigenvalue weighted by molar-refractivity contribution is 5.95. The van der Waals surface area contributed by atoms with Gasteiger partial charge in [0, 0.05) is 12.7 Å². The first-order chi connectivity index (χ1) is 8.19. The van der Waals surface area contributed by atoms with E-state index in [1.807, 2.05) is 12.1 Å². The summed E-state index contributed by atoms with van der Waals surface area (Å²) in [6, 6.07) is 7.29. The first-order valence-corrected chi connectivity index (χ1v) is 5.70. The van der Waals surface area contributed by atoms with Crippen molar-refractivity contribution in [2.24, 2.45) is 0 Å². The largest absolute Gasteiger partial charge is 0.394 e. The van der Waals surface area contributed by atoms with Gasteiger partial charge in [-0.25, -0.2) is 0 Å². The number of ether oxygens (including phenoxy) is 1. The summed E-state index contributed by atoms with van der Waals surface area (Å²) in [6.07, 6.45) is 1.72. The van der Waals surface area contributed by atoms with Crippen molar-refractivity contribution in [1.82, 2.24) is 5.32 Å². The second-order valence-electron chi connectivity index (χ2n) is 4.52. The lowest BCUT2D eigenvalue weighted by atomic mass is 10.1. The molecule has 1 aliphatic carbocycles. The van der Waals surface area contributed by atoms with Gasteiger partial charge in [-0.1, -0.05) is 12.1 Å². The molecule has 0 aliphatic heterocycles. The molecule has 0 unspecified atom stereocenters. The fraction of sp³-hybridized carbons (Fsp3) is 0.462. The third-order valence-electron chi connectivity index (χ3n) is 3.06. The summed E-state index contributed by atoms with van der Waals surface area (Å²) in [5, 5.41) is 12.0. The third kappa shape index (κ3) is 2.84. The van der Waals surface area contributed by atoms with Gasteiger partial charge in [0.25, 0.3) is 5.91 Å². The number of hydrogen-bond donors (Lipinski definition) is 2. The number of aliphatic hydroxyl groups excluding tert-OH is 1. The SMILES string of the molecule is COCc1ccc(C(=O)NC2(CO)CC2)cc1. The highest BCUT2D eigenvalue weighted by Gasteiger charge is 2.43. The quantitative estimate of drug-likeness (QED) is 0.803. The van der Waals surface area contributed by atoms with E-state index in [2.05, 4.69) is 5.32 Å². The molecule has 1 aromatic carbocycles. The van der Waals surface area contributed by atoms with Crippen molar-refractivity contribution in [3.8, 4) is 0 Å². The summed E-state index contributed by atoms with van der Waals surface area (Å²) in [6.45, 7) is 0.559. The molecule has 0 aromatic heterocycles. The summed E-state index contributed by atoms with van der Waals surface area (Å²) >= 11 is 0. The summed E-state index contributed by atoms with van der Waals surface area (Å²) in [4.78, 5) is 11.9. The molecule has 0 atom stereocenters. The Hall–Kier alpha value is -1.39. The first kappa shape index (κ1) is 12.1. The zero-order chi connectivity index (χ0) is 12.3. The number of hydrogen-bond acceptors (Lipinski definition) is 3. The van der Waals surface area contributed by atoms with Crippen molar-refractivity contribution in [3.63, 3.8) is 0 Å². The van der Waals surface area contributed by atoms with Crippen LogP contribution in [0, 0.1) is 0 Å². The zero-order valence-electron chi connectivity index (χ0n) is 9.90. The number of nitrogens with one attached hydrogen (secondary N) is 1. The average Bonchev–Trinajstić information content (AvgIpc) is 3.11. The highest BCUT2D eigenvalue weighted by Crippen LogP contribution is 2.34. The van der Waals surface area contributed by atoms with Crippen molar-refractivity contribution >= 4 is 5.91 Å². The number of rotatable bonds is 5. The van der Waals surface area contributed by atoms with Crippen molar-refractivity contribution in [2.75, 3.05) is 13.7 Å². The molecule has 2 N–H and O–H groups in total. The van der Waals surface area contributed by atoms with Gasteiger partial charge in [-0.15, -0.1) is 0 Å². The van der Waals surface area contributed by atoms with Crippen LogP contribution in [0.5, 0.6) is 0 Å². The molecule has 0 spiro atoms.